The Bertz CT molecular complexity index is 612. The smallest absolute Gasteiger partial charge is 0.0822 e. The van der Waals surface area contributed by atoms with Crippen LogP contribution in [-0.2, 0) is 10.7 Å². The molecule has 3 rings (SSSR count). The SMILES string of the molecule is CS1=NC(c2ccccc2)=C(c2ccccc2)C1. The van der Waals surface area contributed by atoms with E-state index < -0.39 is 0 Å². The summed E-state index contributed by atoms with van der Waals surface area (Å²) >= 11 is 0. The van der Waals surface area contributed by atoms with Crippen LogP contribution in [-0.4, -0.2) is 12.0 Å². The second-order valence-electron chi connectivity index (χ2n) is 4.40. The van der Waals surface area contributed by atoms with E-state index in [2.05, 4.69) is 60.9 Å². The van der Waals surface area contributed by atoms with Crippen LogP contribution in [0.3, 0.4) is 0 Å². The molecule has 0 spiro atoms. The molecule has 0 saturated heterocycles. The van der Waals surface area contributed by atoms with Crippen LogP contribution in [0.25, 0.3) is 11.3 Å². The minimum Gasteiger partial charge on any atom is -0.227 e. The average Bonchev–Trinajstić information content (AvgIpc) is 2.83. The van der Waals surface area contributed by atoms with Crippen molar-refractivity contribution in [1.29, 1.82) is 0 Å². The van der Waals surface area contributed by atoms with Gasteiger partial charge in [0, 0.05) is 11.3 Å². The Morgan fingerprint density at radius 3 is 2.00 bits per heavy atom. The van der Waals surface area contributed by atoms with Gasteiger partial charge in [-0.2, -0.15) is 0 Å². The number of nitrogens with zero attached hydrogens (tertiary/aromatic N) is 1. The summed E-state index contributed by atoms with van der Waals surface area (Å²) in [4.78, 5) is 0. The molecular formula is C16H15NS. The molecule has 18 heavy (non-hydrogen) atoms. The van der Waals surface area contributed by atoms with Gasteiger partial charge in [0.1, 0.15) is 0 Å². The summed E-state index contributed by atoms with van der Waals surface area (Å²) in [6.07, 6.45) is 2.21. The second kappa shape index (κ2) is 4.91. The first-order valence-electron chi connectivity index (χ1n) is 6.03. The highest BCUT2D eigenvalue weighted by Crippen LogP contribution is 2.33. The summed E-state index contributed by atoms with van der Waals surface area (Å²) in [5, 5.41) is 0. The van der Waals surface area contributed by atoms with Crippen LogP contribution in [0.4, 0.5) is 0 Å². The molecule has 0 aliphatic carbocycles. The molecule has 1 nitrogen and oxygen atoms in total. The first kappa shape index (κ1) is 11.4. The Labute approximate surface area is 110 Å². The monoisotopic (exact) mass is 253 g/mol. The van der Waals surface area contributed by atoms with Gasteiger partial charge in [-0.05, 0) is 17.4 Å². The fourth-order valence-corrected chi connectivity index (χ4v) is 3.52. The molecule has 0 aromatic heterocycles. The summed E-state index contributed by atoms with van der Waals surface area (Å²) in [5.41, 5.74) is 5.09. The molecule has 1 aliphatic rings. The predicted octanol–water partition coefficient (Wildman–Crippen LogP) is 4.00. The van der Waals surface area contributed by atoms with Gasteiger partial charge in [0.25, 0.3) is 0 Å². The van der Waals surface area contributed by atoms with Crippen LogP contribution in [0.15, 0.2) is 65.0 Å². The lowest BCUT2D eigenvalue weighted by atomic mass is 10.0. The average molecular weight is 253 g/mol. The largest absolute Gasteiger partial charge is 0.227 e. The Hall–Kier alpha value is -1.67. The van der Waals surface area contributed by atoms with Gasteiger partial charge < -0.3 is 0 Å². The fourth-order valence-electron chi connectivity index (χ4n) is 2.20. The van der Waals surface area contributed by atoms with Crippen LogP contribution in [0, 0.1) is 0 Å². The number of rotatable bonds is 2. The highest BCUT2D eigenvalue weighted by atomic mass is 32.2. The van der Waals surface area contributed by atoms with Crippen molar-refractivity contribution < 1.29 is 0 Å². The van der Waals surface area contributed by atoms with Gasteiger partial charge in [-0.1, -0.05) is 71.4 Å². The molecule has 2 heteroatoms. The minimum atomic E-state index is 0.117. The second-order valence-corrected chi connectivity index (χ2v) is 6.07. The third kappa shape index (κ3) is 2.16. The summed E-state index contributed by atoms with van der Waals surface area (Å²) in [5.74, 6) is 1.06. The van der Waals surface area contributed by atoms with Crippen molar-refractivity contribution in [3.63, 3.8) is 0 Å². The zero-order valence-corrected chi connectivity index (χ0v) is 11.2. The third-order valence-electron chi connectivity index (χ3n) is 3.06. The number of benzene rings is 2. The quantitative estimate of drug-likeness (QED) is 0.767. The van der Waals surface area contributed by atoms with Crippen LogP contribution < -0.4 is 0 Å². The first-order chi connectivity index (χ1) is 8.84. The molecule has 0 fully saturated rings. The van der Waals surface area contributed by atoms with Gasteiger partial charge >= 0.3 is 0 Å². The van der Waals surface area contributed by atoms with E-state index in [4.69, 9.17) is 4.36 Å². The van der Waals surface area contributed by atoms with E-state index in [1.54, 1.807) is 0 Å². The number of hydrogen-bond donors (Lipinski definition) is 0. The molecule has 1 aliphatic heterocycles. The van der Waals surface area contributed by atoms with E-state index in [0.717, 1.165) is 5.75 Å². The molecule has 0 N–H and O–H groups in total. The van der Waals surface area contributed by atoms with Crippen molar-refractivity contribution >= 4 is 22.0 Å². The van der Waals surface area contributed by atoms with Crippen molar-refractivity contribution in [3.05, 3.63) is 71.8 Å². The molecular weight excluding hydrogens is 238 g/mol. The van der Waals surface area contributed by atoms with Gasteiger partial charge in [-0.3, -0.25) is 0 Å². The summed E-state index contributed by atoms with van der Waals surface area (Å²) < 4.78 is 4.82. The topological polar surface area (TPSA) is 12.4 Å². The molecule has 0 radical (unpaired) electrons. The van der Waals surface area contributed by atoms with E-state index >= 15 is 0 Å². The molecule has 90 valence electrons. The summed E-state index contributed by atoms with van der Waals surface area (Å²) in [6.45, 7) is 0. The minimum absolute atomic E-state index is 0.117. The summed E-state index contributed by atoms with van der Waals surface area (Å²) in [7, 11) is 0.117. The lowest BCUT2D eigenvalue weighted by Gasteiger charge is -2.05. The molecule has 2 aromatic carbocycles. The van der Waals surface area contributed by atoms with E-state index in [1.807, 2.05) is 6.07 Å². The first-order valence-corrected chi connectivity index (χ1v) is 7.79. The zero-order chi connectivity index (χ0) is 12.4. The standard InChI is InChI=1S/C16H15NS/c1-18-12-15(13-8-4-2-5-9-13)16(17-18)14-10-6-3-7-11-14/h2-11H,12H2,1H3. The molecule has 1 atom stereocenters. The van der Waals surface area contributed by atoms with E-state index in [1.165, 1.54) is 22.4 Å². The van der Waals surface area contributed by atoms with Gasteiger partial charge in [-0.25, -0.2) is 4.36 Å². The molecule has 0 saturated carbocycles. The van der Waals surface area contributed by atoms with E-state index in [-0.39, 0.29) is 10.7 Å². The highest BCUT2D eigenvalue weighted by Gasteiger charge is 2.17. The maximum Gasteiger partial charge on any atom is 0.0822 e. The van der Waals surface area contributed by atoms with Crippen molar-refractivity contribution in [2.75, 3.05) is 12.0 Å². The van der Waals surface area contributed by atoms with Crippen molar-refractivity contribution in [1.82, 2.24) is 0 Å². The van der Waals surface area contributed by atoms with E-state index in [0.29, 0.717) is 0 Å². The Morgan fingerprint density at radius 2 is 1.39 bits per heavy atom. The maximum atomic E-state index is 4.82. The molecule has 2 aromatic rings. The highest BCUT2D eigenvalue weighted by molar-refractivity contribution is 7.87. The Morgan fingerprint density at radius 1 is 0.833 bits per heavy atom. The summed E-state index contributed by atoms with van der Waals surface area (Å²) in [6, 6.07) is 21.1. The molecule has 0 bridgehead atoms. The normalized spacial score (nSPS) is 18.8. The van der Waals surface area contributed by atoms with Crippen LogP contribution in [0.5, 0.6) is 0 Å². The van der Waals surface area contributed by atoms with Gasteiger partial charge in [0.2, 0.25) is 0 Å². The van der Waals surface area contributed by atoms with Gasteiger partial charge in [-0.15, -0.1) is 0 Å². The van der Waals surface area contributed by atoms with Crippen LogP contribution in [0.2, 0.25) is 0 Å². The van der Waals surface area contributed by atoms with Gasteiger partial charge in [0.05, 0.1) is 5.70 Å². The third-order valence-corrected chi connectivity index (χ3v) is 4.26. The molecule has 1 unspecified atom stereocenters. The number of hydrogen-bond acceptors (Lipinski definition) is 1. The Balaban J connectivity index is 2.12. The zero-order valence-electron chi connectivity index (χ0n) is 10.3. The van der Waals surface area contributed by atoms with Crippen molar-refractivity contribution in [2.45, 2.75) is 0 Å². The van der Waals surface area contributed by atoms with Crippen LogP contribution >= 0.6 is 0 Å². The van der Waals surface area contributed by atoms with E-state index in [9.17, 15) is 0 Å². The maximum absolute atomic E-state index is 4.82. The lowest BCUT2D eigenvalue weighted by molar-refractivity contribution is 1.52. The molecule has 0 amide bonds. The van der Waals surface area contributed by atoms with Gasteiger partial charge in [0.15, 0.2) is 0 Å². The predicted molar refractivity (Wildman–Crippen MR) is 80.3 cm³/mol. The lowest BCUT2D eigenvalue weighted by Crippen LogP contribution is -1.93. The van der Waals surface area contributed by atoms with Crippen molar-refractivity contribution in [3.8, 4) is 0 Å². The Kier molecular flexibility index (Phi) is 3.11. The fraction of sp³-hybridized carbons (Fsp3) is 0.125. The molecule has 1 heterocycles. The van der Waals surface area contributed by atoms with Crippen molar-refractivity contribution in [2.24, 2.45) is 4.36 Å². The van der Waals surface area contributed by atoms with Crippen LogP contribution in [0.1, 0.15) is 11.1 Å².